The number of aliphatic hydroxyl groups excluding tert-OH is 1. The first-order valence-corrected chi connectivity index (χ1v) is 6.64. The molecule has 3 heterocycles. The highest BCUT2D eigenvalue weighted by Gasteiger charge is 2.55. The topological polar surface area (TPSA) is 47.9 Å². The van der Waals surface area contributed by atoms with Gasteiger partial charge in [-0.1, -0.05) is 6.07 Å². The van der Waals surface area contributed by atoms with Crippen LogP contribution in [0, 0.1) is 0 Å². The van der Waals surface area contributed by atoms with E-state index in [2.05, 4.69) is 0 Å². The highest BCUT2D eigenvalue weighted by Crippen LogP contribution is 2.45. The van der Waals surface area contributed by atoms with E-state index in [1.54, 1.807) is 11.3 Å². The molecule has 0 spiro atoms. The maximum Gasteiger partial charge on any atom is 0.164 e. The van der Waals surface area contributed by atoms with Gasteiger partial charge in [0.05, 0.1) is 6.61 Å². The van der Waals surface area contributed by atoms with Gasteiger partial charge in [0.25, 0.3) is 0 Å². The maximum absolute atomic E-state index is 9.34. The van der Waals surface area contributed by atoms with Crippen LogP contribution >= 0.6 is 11.3 Å². The van der Waals surface area contributed by atoms with Crippen LogP contribution < -0.4 is 0 Å². The number of rotatable bonds is 2. The summed E-state index contributed by atoms with van der Waals surface area (Å²) in [7, 11) is 0. The Morgan fingerprint density at radius 3 is 2.76 bits per heavy atom. The Bertz CT molecular complexity index is 389. The number of thiophene rings is 1. The Morgan fingerprint density at radius 2 is 2.12 bits per heavy atom. The molecule has 4 atom stereocenters. The van der Waals surface area contributed by atoms with Crippen molar-refractivity contribution in [1.82, 2.24) is 0 Å². The van der Waals surface area contributed by atoms with Crippen LogP contribution in [0.5, 0.6) is 0 Å². The molecule has 0 unspecified atom stereocenters. The molecule has 0 radical (unpaired) electrons. The van der Waals surface area contributed by atoms with Crippen LogP contribution in [-0.2, 0) is 14.2 Å². The number of fused-ring (bicyclic) bond motifs is 1. The van der Waals surface area contributed by atoms with Crippen molar-refractivity contribution in [2.45, 2.75) is 44.1 Å². The van der Waals surface area contributed by atoms with E-state index in [0.717, 1.165) is 4.88 Å². The van der Waals surface area contributed by atoms with E-state index in [9.17, 15) is 5.11 Å². The predicted octanol–water partition coefficient (Wildman–Crippen LogP) is 1.70. The number of hydrogen-bond acceptors (Lipinski definition) is 5. The van der Waals surface area contributed by atoms with Gasteiger partial charge in [0.2, 0.25) is 0 Å². The van der Waals surface area contributed by atoms with Gasteiger partial charge < -0.3 is 19.3 Å². The average molecular weight is 256 g/mol. The molecule has 1 aromatic heterocycles. The highest BCUT2D eigenvalue weighted by atomic mass is 32.1. The SMILES string of the molecule is CC1(C)O[C@@H]2[C@H](O1)[C@@H](c1cccs1)O[C@@H]2CO. The van der Waals surface area contributed by atoms with Crippen molar-refractivity contribution >= 4 is 11.3 Å². The molecule has 1 N–H and O–H groups in total. The molecule has 1 aromatic rings. The van der Waals surface area contributed by atoms with E-state index in [4.69, 9.17) is 14.2 Å². The monoisotopic (exact) mass is 256 g/mol. The van der Waals surface area contributed by atoms with Crippen LogP contribution in [0.25, 0.3) is 0 Å². The van der Waals surface area contributed by atoms with Crippen LogP contribution in [0.4, 0.5) is 0 Å². The largest absolute Gasteiger partial charge is 0.394 e. The van der Waals surface area contributed by atoms with Crippen molar-refractivity contribution in [3.8, 4) is 0 Å². The van der Waals surface area contributed by atoms with E-state index in [0.29, 0.717) is 0 Å². The van der Waals surface area contributed by atoms with Gasteiger partial charge in [-0.25, -0.2) is 0 Å². The summed E-state index contributed by atoms with van der Waals surface area (Å²) in [5, 5.41) is 11.4. The van der Waals surface area contributed by atoms with Crippen molar-refractivity contribution in [2.75, 3.05) is 6.61 Å². The number of ether oxygens (including phenoxy) is 3. The minimum atomic E-state index is -0.595. The number of hydrogen-bond donors (Lipinski definition) is 1. The summed E-state index contributed by atoms with van der Waals surface area (Å²) in [5.41, 5.74) is 0. The van der Waals surface area contributed by atoms with Gasteiger partial charge in [-0.2, -0.15) is 0 Å². The van der Waals surface area contributed by atoms with Crippen LogP contribution in [0.1, 0.15) is 24.8 Å². The molecular weight excluding hydrogens is 240 g/mol. The fraction of sp³-hybridized carbons (Fsp3) is 0.667. The van der Waals surface area contributed by atoms with Gasteiger partial charge in [-0.05, 0) is 25.3 Å². The molecule has 2 aliphatic rings. The Labute approximate surface area is 104 Å². The quantitative estimate of drug-likeness (QED) is 0.875. The minimum Gasteiger partial charge on any atom is -0.394 e. The van der Waals surface area contributed by atoms with Gasteiger partial charge in [0.1, 0.15) is 24.4 Å². The summed E-state index contributed by atoms with van der Waals surface area (Å²) >= 11 is 1.64. The lowest BCUT2D eigenvalue weighted by Gasteiger charge is -2.23. The lowest BCUT2D eigenvalue weighted by Crippen LogP contribution is -2.31. The van der Waals surface area contributed by atoms with Crippen molar-refractivity contribution in [3.05, 3.63) is 22.4 Å². The smallest absolute Gasteiger partial charge is 0.164 e. The maximum atomic E-state index is 9.34. The standard InChI is InChI=1S/C12H16O4S/c1-12(2)15-9-7(6-13)14-10(11(9)16-12)8-4-3-5-17-8/h3-5,7,9-11,13H,6H2,1-2H3/t7-,9+,10-,11+/m1/s1. The highest BCUT2D eigenvalue weighted by molar-refractivity contribution is 7.10. The molecule has 5 heteroatoms. The van der Waals surface area contributed by atoms with E-state index in [1.807, 2.05) is 31.4 Å². The molecule has 0 aliphatic carbocycles. The third-order valence-corrected chi connectivity index (χ3v) is 4.09. The summed E-state index contributed by atoms with van der Waals surface area (Å²) in [6.45, 7) is 3.75. The zero-order chi connectivity index (χ0) is 12.0. The molecule has 4 nitrogen and oxygen atoms in total. The van der Waals surface area contributed by atoms with Gasteiger partial charge in [-0.3, -0.25) is 0 Å². The Morgan fingerprint density at radius 1 is 1.35 bits per heavy atom. The summed E-state index contributed by atoms with van der Waals surface area (Å²) in [5.74, 6) is -0.595. The second-order valence-corrected chi connectivity index (χ2v) is 5.84. The molecule has 2 saturated heterocycles. The summed E-state index contributed by atoms with van der Waals surface area (Å²) < 4.78 is 17.5. The molecule has 2 aliphatic heterocycles. The fourth-order valence-electron chi connectivity index (χ4n) is 2.51. The number of aliphatic hydroxyl groups is 1. The van der Waals surface area contributed by atoms with E-state index in [-0.39, 0.29) is 31.0 Å². The van der Waals surface area contributed by atoms with Crippen molar-refractivity contribution in [2.24, 2.45) is 0 Å². The van der Waals surface area contributed by atoms with Crippen LogP contribution in [0.3, 0.4) is 0 Å². The molecule has 0 aromatic carbocycles. The lowest BCUT2D eigenvalue weighted by molar-refractivity contribution is -0.190. The van der Waals surface area contributed by atoms with Gasteiger partial charge in [0, 0.05) is 4.88 Å². The third kappa shape index (κ3) is 1.92. The Kier molecular flexibility index (Phi) is 2.76. The summed E-state index contributed by atoms with van der Waals surface area (Å²) in [4.78, 5) is 1.12. The van der Waals surface area contributed by atoms with E-state index < -0.39 is 5.79 Å². The predicted molar refractivity (Wildman–Crippen MR) is 62.8 cm³/mol. The Hall–Kier alpha value is -0.460. The van der Waals surface area contributed by atoms with E-state index >= 15 is 0 Å². The molecular formula is C12H16O4S. The van der Waals surface area contributed by atoms with Crippen LogP contribution in [-0.4, -0.2) is 35.8 Å². The second-order valence-electron chi connectivity index (χ2n) is 4.86. The summed E-state index contributed by atoms with van der Waals surface area (Å²) in [6.07, 6.45) is -0.726. The third-order valence-electron chi connectivity index (χ3n) is 3.15. The molecule has 17 heavy (non-hydrogen) atoms. The molecule has 3 rings (SSSR count). The summed E-state index contributed by atoms with van der Waals surface area (Å²) in [6, 6.07) is 4.02. The fourth-order valence-corrected chi connectivity index (χ4v) is 3.31. The molecule has 2 fully saturated rings. The molecule has 94 valence electrons. The van der Waals surface area contributed by atoms with Crippen molar-refractivity contribution in [1.29, 1.82) is 0 Å². The molecule has 0 amide bonds. The zero-order valence-electron chi connectivity index (χ0n) is 9.83. The van der Waals surface area contributed by atoms with Crippen LogP contribution in [0.15, 0.2) is 17.5 Å². The average Bonchev–Trinajstić information content (AvgIpc) is 2.91. The first kappa shape index (κ1) is 11.6. The zero-order valence-corrected chi connectivity index (χ0v) is 10.6. The van der Waals surface area contributed by atoms with Gasteiger partial charge >= 0.3 is 0 Å². The molecule has 0 saturated carbocycles. The second kappa shape index (κ2) is 4.03. The first-order chi connectivity index (χ1) is 8.11. The lowest BCUT2D eigenvalue weighted by atomic mass is 10.1. The van der Waals surface area contributed by atoms with E-state index in [1.165, 1.54) is 0 Å². The van der Waals surface area contributed by atoms with Gasteiger partial charge in [-0.15, -0.1) is 11.3 Å². The van der Waals surface area contributed by atoms with Gasteiger partial charge in [0.15, 0.2) is 5.79 Å². The van der Waals surface area contributed by atoms with Crippen molar-refractivity contribution < 1.29 is 19.3 Å². The van der Waals surface area contributed by atoms with Crippen molar-refractivity contribution in [3.63, 3.8) is 0 Å². The molecule has 0 bridgehead atoms. The van der Waals surface area contributed by atoms with Crippen LogP contribution in [0.2, 0.25) is 0 Å². The Balaban J connectivity index is 1.88. The normalized spacial score (nSPS) is 39.5. The minimum absolute atomic E-state index is 0.0392. The first-order valence-electron chi connectivity index (χ1n) is 5.76.